The minimum Gasteiger partial charge on any atom is -0.478 e. The molecule has 0 fully saturated rings. The molecule has 1 heterocycles. The summed E-state index contributed by atoms with van der Waals surface area (Å²) >= 11 is 7.75. The number of ether oxygens (including phenoxy) is 1. The van der Waals surface area contributed by atoms with Crippen LogP contribution in [0.3, 0.4) is 0 Å². The lowest BCUT2D eigenvalue weighted by atomic mass is 9.96. The summed E-state index contributed by atoms with van der Waals surface area (Å²) in [5.41, 5.74) is 0.322. The third kappa shape index (κ3) is 4.09. The van der Waals surface area contributed by atoms with Crippen molar-refractivity contribution in [2.24, 2.45) is 0 Å². The second-order valence-electron chi connectivity index (χ2n) is 5.77. The lowest BCUT2D eigenvalue weighted by Gasteiger charge is -2.28. The van der Waals surface area contributed by atoms with Gasteiger partial charge in [-0.15, -0.1) is 11.8 Å². The molecule has 1 aliphatic heterocycles. The number of thioether (sulfide) groups is 1. The van der Waals surface area contributed by atoms with Gasteiger partial charge in [0.1, 0.15) is 5.75 Å². The largest absolute Gasteiger partial charge is 0.478 e. The Morgan fingerprint density at radius 2 is 1.93 bits per heavy atom. The molecule has 2 aromatic carbocycles. The van der Waals surface area contributed by atoms with Gasteiger partial charge < -0.3 is 9.84 Å². The molecule has 0 bridgehead atoms. The molecule has 3 nitrogen and oxygen atoms in total. The van der Waals surface area contributed by atoms with E-state index in [2.05, 4.69) is 0 Å². The van der Waals surface area contributed by atoms with Gasteiger partial charge in [-0.1, -0.05) is 30.7 Å². The van der Waals surface area contributed by atoms with Crippen LogP contribution in [-0.4, -0.2) is 29.1 Å². The second kappa shape index (κ2) is 7.48. The SMILES string of the molecule is CCSc1ccc(-c2cc(Cl)cc3c2O[C@@H](C(F)(F)F)C(C(=O)O)=C3)cc1. The van der Waals surface area contributed by atoms with Gasteiger partial charge in [-0.25, -0.2) is 4.79 Å². The van der Waals surface area contributed by atoms with E-state index in [4.69, 9.17) is 21.4 Å². The third-order valence-corrected chi connectivity index (χ3v) is 5.04. The van der Waals surface area contributed by atoms with E-state index in [0.29, 0.717) is 11.1 Å². The van der Waals surface area contributed by atoms with Crippen molar-refractivity contribution in [1.82, 2.24) is 0 Å². The van der Waals surface area contributed by atoms with Crippen LogP contribution in [0.25, 0.3) is 17.2 Å². The summed E-state index contributed by atoms with van der Waals surface area (Å²) in [6.45, 7) is 2.02. The highest BCUT2D eigenvalue weighted by molar-refractivity contribution is 7.99. The van der Waals surface area contributed by atoms with Gasteiger partial charge in [0, 0.05) is 21.0 Å². The zero-order valence-electron chi connectivity index (χ0n) is 14.0. The molecule has 0 aliphatic carbocycles. The van der Waals surface area contributed by atoms with Crippen LogP contribution >= 0.6 is 23.4 Å². The molecule has 1 atom stereocenters. The second-order valence-corrected chi connectivity index (χ2v) is 7.55. The van der Waals surface area contributed by atoms with Crippen molar-refractivity contribution >= 4 is 35.4 Å². The number of fused-ring (bicyclic) bond motifs is 1. The molecule has 142 valence electrons. The number of hydrogen-bond acceptors (Lipinski definition) is 3. The van der Waals surface area contributed by atoms with E-state index in [1.54, 1.807) is 23.9 Å². The van der Waals surface area contributed by atoms with Gasteiger partial charge >= 0.3 is 12.1 Å². The predicted octanol–water partition coefficient (Wildman–Crippen LogP) is 5.91. The van der Waals surface area contributed by atoms with Gasteiger partial charge in [-0.2, -0.15) is 13.2 Å². The summed E-state index contributed by atoms with van der Waals surface area (Å²) in [4.78, 5) is 12.3. The maximum atomic E-state index is 13.3. The molecule has 1 aliphatic rings. The zero-order valence-corrected chi connectivity index (χ0v) is 15.6. The fourth-order valence-electron chi connectivity index (χ4n) is 2.81. The Morgan fingerprint density at radius 3 is 2.48 bits per heavy atom. The average molecular weight is 415 g/mol. The van der Waals surface area contributed by atoms with Crippen LogP contribution in [0.15, 0.2) is 46.9 Å². The highest BCUT2D eigenvalue weighted by atomic mass is 35.5. The van der Waals surface area contributed by atoms with Crippen LogP contribution in [0.2, 0.25) is 5.02 Å². The van der Waals surface area contributed by atoms with E-state index in [1.807, 2.05) is 19.1 Å². The van der Waals surface area contributed by atoms with Crippen LogP contribution in [0.5, 0.6) is 5.75 Å². The molecular formula is C19H14ClF3O3S. The fraction of sp³-hybridized carbons (Fsp3) is 0.211. The molecule has 3 rings (SSSR count). The van der Waals surface area contributed by atoms with Crippen LogP contribution in [0.4, 0.5) is 13.2 Å². The molecule has 0 aromatic heterocycles. The summed E-state index contributed by atoms with van der Waals surface area (Å²) in [6.07, 6.45) is -6.44. The van der Waals surface area contributed by atoms with Gasteiger partial charge in [0.05, 0.1) is 5.57 Å². The topological polar surface area (TPSA) is 46.5 Å². The molecule has 1 N–H and O–H groups in total. The summed E-state index contributed by atoms with van der Waals surface area (Å²) < 4.78 is 45.2. The lowest BCUT2D eigenvalue weighted by molar-refractivity contribution is -0.187. The maximum absolute atomic E-state index is 13.3. The lowest BCUT2D eigenvalue weighted by Crippen LogP contribution is -2.40. The van der Waals surface area contributed by atoms with Crippen LogP contribution in [-0.2, 0) is 4.79 Å². The Hall–Kier alpha value is -2.12. The number of carboxylic acids is 1. The Morgan fingerprint density at radius 1 is 1.26 bits per heavy atom. The van der Waals surface area contributed by atoms with E-state index < -0.39 is 23.8 Å². The number of aliphatic carboxylic acids is 1. The molecule has 0 spiro atoms. The fourth-order valence-corrected chi connectivity index (χ4v) is 3.70. The highest BCUT2D eigenvalue weighted by Gasteiger charge is 2.48. The third-order valence-electron chi connectivity index (χ3n) is 3.93. The minimum atomic E-state index is -4.86. The number of carbonyl (C=O) groups is 1. The minimum absolute atomic E-state index is 0.0392. The van der Waals surface area contributed by atoms with Crippen molar-refractivity contribution in [2.75, 3.05) is 5.75 Å². The average Bonchev–Trinajstić information content (AvgIpc) is 2.60. The number of benzene rings is 2. The first-order chi connectivity index (χ1) is 12.7. The molecule has 0 amide bonds. The number of alkyl halides is 3. The molecule has 0 unspecified atom stereocenters. The first-order valence-corrected chi connectivity index (χ1v) is 9.32. The summed E-state index contributed by atoms with van der Waals surface area (Å²) in [7, 11) is 0. The zero-order chi connectivity index (χ0) is 19.8. The number of halogens is 4. The Bertz CT molecular complexity index is 908. The van der Waals surface area contributed by atoms with Crippen molar-refractivity contribution < 1.29 is 27.8 Å². The normalized spacial score (nSPS) is 16.3. The van der Waals surface area contributed by atoms with Crippen molar-refractivity contribution in [3.8, 4) is 16.9 Å². The van der Waals surface area contributed by atoms with Crippen molar-refractivity contribution in [3.63, 3.8) is 0 Å². The van der Waals surface area contributed by atoms with Gasteiger partial charge in [-0.3, -0.25) is 0 Å². The first kappa shape index (κ1) is 19.6. The molecule has 0 saturated heterocycles. The van der Waals surface area contributed by atoms with Gasteiger partial charge in [0.15, 0.2) is 0 Å². The number of carboxylic acid groups (broad SMARTS) is 1. The molecule has 2 aromatic rings. The molecule has 27 heavy (non-hydrogen) atoms. The first-order valence-electron chi connectivity index (χ1n) is 7.95. The Balaban J connectivity index is 2.14. The highest BCUT2D eigenvalue weighted by Crippen LogP contribution is 2.44. The van der Waals surface area contributed by atoms with Crippen molar-refractivity contribution in [1.29, 1.82) is 0 Å². The van der Waals surface area contributed by atoms with Gasteiger partial charge in [0.2, 0.25) is 6.10 Å². The Labute approximate surface area is 162 Å². The standard InChI is InChI=1S/C19H14ClF3O3S/c1-2-27-13-5-3-10(4-6-13)14-9-12(20)7-11-8-15(18(24)25)17(19(21,22)23)26-16(11)14/h3-9,17H,2H2,1H3,(H,24,25)/t17-/m1/s1. The van der Waals surface area contributed by atoms with E-state index in [1.165, 1.54) is 12.1 Å². The maximum Gasteiger partial charge on any atom is 0.430 e. The van der Waals surface area contributed by atoms with E-state index in [0.717, 1.165) is 16.7 Å². The van der Waals surface area contributed by atoms with E-state index in [-0.39, 0.29) is 16.3 Å². The number of hydrogen-bond donors (Lipinski definition) is 1. The monoisotopic (exact) mass is 414 g/mol. The quantitative estimate of drug-likeness (QED) is 0.632. The molecular weight excluding hydrogens is 401 g/mol. The van der Waals surface area contributed by atoms with Crippen LogP contribution < -0.4 is 4.74 Å². The number of rotatable bonds is 4. The molecule has 0 radical (unpaired) electrons. The summed E-state index contributed by atoms with van der Waals surface area (Å²) in [5.74, 6) is -0.835. The van der Waals surface area contributed by atoms with Crippen molar-refractivity contribution in [2.45, 2.75) is 24.1 Å². The smallest absolute Gasteiger partial charge is 0.430 e. The summed E-state index contributed by atoms with van der Waals surface area (Å²) in [5, 5.41) is 9.42. The molecule has 8 heteroatoms. The van der Waals surface area contributed by atoms with Gasteiger partial charge in [0.25, 0.3) is 0 Å². The van der Waals surface area contributed by atoms with Crippen LogP contribution in [0.1, 0.15) is 12.5 Å². The van der Waals surface area contributed by atoms with Gasteiger partial charge in [-0.05, 0) is 41.7 Å². The Kier molecular flexibility index (Phi) is 5.44. The van der Waals surface area contributed by atoms with E-state index >= 15 is 0 Å². The predicted molar refractivity (Wildman–Crippen MR) is 99.4 cm³/mol. The summed E-state index contributed by atoms with van der Waals surface area (Å²) in [6, 6.07) is 10.2. The van der Waals surface area contributed by atoms with E-state index in [9.17, 15) is 18.0 Å². The van der Waals surface area contributed by atoms with Crippen molar-refractivity contribution in [3.05, 3.63) is 52.6 Å². The van der Waals surface area contributed by atoms with Crippen LogP contribution in [0, 0.1) is 0 Å². The molecule has 0 saturated carbocycles.